The maximum absolute atomic E-state index is 13.6. The van der Waals surface area contributed by atoms with Crippen LogP contribution < -0.4 is 15.4 Å². The lowest BCUT2D eigenvalue weighted by molar-refractivity contribution is -0.165. The van der Waals surface area contributed by atoms with Gasteiger partial charge in [0.2, 0.25) is 18.1 Å². The van der Waals surface area contributed by atoms with Crippen molar-refractivity contribution in [1.29, 1.82) is 0 Å². The quantitative estimate of drug-likeness (QED) is 0.468. The Morgan fingerprint density at radius 2 is 2.00 bits per heavy atom. The highest BCUT2D eigenvalue weighted by Crippen LogP contribution is 2.24. The van der Waals surface area contributed by atoms with Crippen LogP contribution in [0.25, 0.3) is 0 Å². The zero-order valence-electron chi connectivity index (χ0n) is 21.7. The third kappa shape index (κ3) is 6.16. The van der Waals surface area contributed by atoms with Gasteiger partial charge in [-0.25, -0.2) is 0 Å². The van der Waals surface area contributed by atoms with Crippen LogP contribution in [0.15, 0.2) is 18.2 Å². The van der Waals surface area contributed by atoms with Crippen molar-refractivity contribution in [2.45, 2.75) is 77.8 Å². The fourth-order valence-corrected chi connectivity index (χ4v) is 4.61. The number of methoxy groups -OCH3 is 1. The first-order valence-electron chi connectivity index (χ1n) is 12.5. The molecule has 10 nitrogen and oxygen atoms in total. The van der Waals surface area contributed by atoms with Crippen LogP contribution in [-0.4, -0.2) is 73.3 Å². The van der Waals surface area contributed by atoms with Crippen molar-refractivity contribution in [3.05, 3.63) is 29.3 Å². The number of nitrogens with one attached hydrogen (secondary N) is 2. The van der Waals surface area contributed by atoms with E-state index in [9.17, 15) is 19.2 Å². The molecule has 3 amide bonds. The maximum atomic E-state index is 13.6. The Kier molecular flexibility index (Phi) is 9.31. The highest BCUT2D eigenvalue weighted by Gasteiger charge is 2.42. The van der Waals surface area contributed by atoms with Gasteiger partial charge in [-0.15, -0.1) is 0 Å². The number of nitrogens with zero attached hydrogens (tertiary/aromatic N) is 1. The molecule has 10 heteroatoms. The van der Waals surface area contributed by atoms with Gasteiger partial charge in [-0.2, -0.15) is 0 Å². The number of rotatable bonds is 10. The van der Waals surface area contributed by atoms with Crippen molar-refractivity contribution < 1.29 is 33.4 Å². The van der Waals surface area contributed by atoms with Crippen molar-refractivity contribution in [2.24, 2.45) is 5.92 Å². The second kappa shape index (κ2) is 12.2. The van der Waals surface area contributed by atoms with Gasteiger partial charge < -0.3 is 29.7 Å². The smallest absolute Gasteiger partial charge is 0.310 e. The summed E-state index contributed by atoms with van der Waals surface area (Å²) in [7, 11) is 1.54. The third-order valence-corrected chi connectivity index (χ3v) is 6.58. The molecule has 4 atom stereocenters. The monoisotopic (exact) mass is 503 g/mol. The summed E-state index contributed by atoms with van der Waals surface area (Å²) >= 11 is 0. The average Bonchev–Trinajstić information content (AvgIpc) is 3.47. The van der Waals surface area contributed by atoms with Gasteiger partial charge in [-0.05, 0) is 44.2 Å². The summed E-state index contributed by atoms with van der Waals surface area (Å²) in [6.07, 6.45) is 1.09. The van der Waals surface area contributed by atoms with Gasteiger partial charge in [0, 0.05) is 17.7 Å². The van der Waals surface area contributed by atoms with Crippen LogP contribution in [0.1, 0.15) is 62.4 Å². The van der Waals surface area contributed by atoms with Gasteiger partial charge in [0.05, 0.1) is 20.1 Å². The molecule has 2 fully saturated rings. The zero-order chi connectivity index (χ0) is 26.4. The van der Waals surface area contributed by atoms with E-state index in [1.165, 1.54) is 12.0 Å². The van der Waals surface area contributed by atoms with Crippen molar-refractivity contribution in [2.75, 3.05) is 20.3 Å². The standard InChI is InChI=1S/C26H37N3O7/c1-6-13-35-26-18(14-21(30)36-26)27-24(32)19-10-8-12-29(19)25(33)22(15(2)3)28-23(31)17-9-7-11-20(34-5)16(17)4/h7,9,11,15,18-19,22,26H,6,8,10,12-14H2,1-5H3,(H,27,32)(H,28,31)/t18-,19-,22-,26+/m0/s1. The van der Waals surface area contributed by atoms with E-state index in [4.69, 9.17) is 14.2 Å². The second-order valence-corrected chi connectivity index (χ2v) is 9.57. The Hall–Kier alpha value is -3.14. The summed E-state index contributed by atoms with van der Waals surface area (Å²) in [5.41, 5.74) is 1.10. The first-order valence-corrected chi connectivity index (χ1v) is 12.5. The van der Waals surface area contributed by atoms with Crippen LogP contribution in [0.2, 0.25) is 0 Å². The number of hydrogen-bond acceptors (Lipinski definition) is 7. The van der Waals surface area contributed by atoms with Crippen LogP contribution in [0.5, 0.6) is 5.75 Å². The Morgan fingerprint density at radius 3 is 2.67 bits per heavy atom. The number of carbonyl (C=O) groups excluding carboxylic acids is 4. The fourth-order valence-electron chi connectivity index (χ4n) is 4.61. The highest BCUT2D eigenvalue weighted by molar-refractivity contribution is 6.00. The topological polar surface area (TPSA) is 123 Å². The number of hydrogen-bond donors (Lipinski definition) is 2. The third-order valence-electron chi connectivity index (χ3n) is 6.58. The molecule has 3 rings (SSSR count). The lowest BCUT2D eigenvalue weighted by Gasteiger charge is -2.31. The van der Waals surface area contributed by atoms with E-state index >= 15 is 0 Å². The molecule has 36 heavy (non-hydrogen) atoms. The van der Waals surface area contributed by atoms with Crippen molar-refractivity contribution >= 4 is 23.7 Å². The number of ether oxygens (including phenoxy) is 3. The van der Waals surface area contributed by atoms with E-state index in [2.05, 4.69) is 10.6 Å². The molecule has 1 aromatic rings. The normalized spacial score (nSPS) is 22.3. The molecule has 0 bridgehead atoms. The Labute approximate surface area is 212 Å². The molecule has 0 saturated carbocycles. The van der Waals surface area contributed by atoms with Crippen molar-refractivity contribution in [1.82, 2.24) is 15.5 Å². The molecular formula is C26H37N3O7. The number of cyclic esters (lactones) is 1. The average molecular weight is 504 g/mol. The van der Waals surface area contributed by atoms with Gasteiger partial charge in [0.1, 0.15) is 23.9 Å². The molecule has 0 aliphatic carbocycles. The van der Waals surface area contributed by atoms with Crippen LogP contribution >= 0.6 is 0 Å². The Morgan fingerprint density at radius 1 is 1.25 bits per heavy atom. The fraction of sp³-hybridized carbons (Fsp3) is 0.615. The minimum atomic E-state index is -0.833. The van der Waals surface area contributed by atoms with Crippen LogP contribution in [0.3, 0.4) is 0 Å². The molecule has 2 N–H and O–H groups in total. The van der Waals surface area contributed by atoms with E-state index in [1.807, 2.05) is 20.8 Å². The number of likely N-dealkylation sites (tertiary alicyclic amines) is 1. The second-order valence-electron chi connectivity index (χ2n) is 9.57. The van der Waals surface area contributed by atoms with Crippen LogP contribution in [0.4, 0.5) is 0 Å². The SMILES string of the molecule is CCCO[C@@H]1OC(=O)C[C@@H]1NC(=O)[C@@H]1CCCN1C(=O)[C@@H](NC(=O)c1cccc(OC)c1C)C(C)C. The lowest BCUT2D eigenvalue weighted by Crippen LogP contribution is -2.56. The van der Waals surface area contributed by atoms with Crippen molar-refractivity contribution in [3.8, 4) is 5.75 Å². The van der Waals surface area contributed by atoms with E-state index in [1.54, 1.807) is 25.1 Å². The van der Waals surface area contributed by atoms with Crippen molar-refractivity contribution in [3.63, 3.8) is 0 Å². The molecule has 0 spiro atoms. The first kappa shape index (κ1) is 27.4. The van der Waals surface area contributed by atoms with E-state index in [0.29, 0.717) is 42.9 Å². The summed E-state index contributed by atoms with van der Waals surface area (Å²) in [5.74, 6) is -1.10. The van der Waals surface area contributed by atoms with Gasteiger partial charge >= 0.3 is 5.97 Å². The number of carbonyl (C=O) groups is 4. The summed E-state index contributed by atoms with van der Waals surface area (Å²) < 4.78 is 16.1. The summed E-state index contributed by atoms with van der Waals surface area (Å²) in [6.45, 7) is 8.24. The van der Waals surface area contributed by atoms with Gasteiger partial charge in [-0.3, -0.25) is 19.2 Å². The van der Waals surface area contributed by atoms with E-state index in [-0.39, 0.29) is 30.1 Å². The number of amides is 3. The first-order chi connectivity index (χ1) is 17.2. The largest absolute Gasteiger partial charge is 0.496 e. The zero-order valence-corrected chi connectivity index (χ0v) is 21.7. The number of esters is 1. The summed E-state index contributed by atoms with van der Waals surface area (Å²) in [6, 6.07) is 3.06. The predicted octanol–water partition coefficient (Wildman–Crippen LogP) is 1.93. The van der Waals surface area contributed by atoms with Gasteiger partial charge in [0.15, 0.2) is 0 Å². The number of benzene rings is 1. The molecule has 198 valence electrons. The molecule has 1 aromatic carbocycles. The molecule has 2 aliphatic rings. The molecular weight excluding hydrogens is 466 g/mol. The molecule has 0 aromatic heterocycles. The molecule has 2 aliphatic heterocycles. The summed E-state index contributed by atoms with van der Waals surface area (Å²) in [4.78, 5) is 53.1. The highest BCUT2D eigenvalue weighted by atomic mass is 16.7. The summed E-state index contributed by atoms with van der Waals surface area (Å²) in [5, 5.41) is 5.71. The minimum absolute atomic E-state index is 0.0192. The molecule has 0 radical (unpaired) electrons. The van der Waals surface area contributed by atoms with Crippen LogP contribution in [0, 0.1) is 12.8 Å². The van der Waals surface area contributed by atoms with E-state index < -0.39 is 30.4 Å². The van der Waals surface area contributed by atoms with E-state index in [0.717, 1.165) is 6.42 Å². The molecule has 2 heterocycles. The minimum Gasteiger partial charge on any atom is -0.496 e. The Balaban J connectivity index is 1.70. The predicted molar refractivity (Wildman–Crippen MR) is 131 cm³/mol. The molecule has 2 saturated heterocycles. The van der Waals surface area contributed by atoms with Gasteiger partial charge in [-0.1, -0.05) is 26.8 Å². The van der Waals surface area contributed by atoms with Gasteiger partial charge in [0.25, 0.3) is 5.91 Å². The molecule has 0 unspecified atom stereocenters. The Bertz CT molecular complexity index is 980. The lowest BCUT2D eigenvalue weighted by atomic mass is 10.0. The van der Waals surface area contributed by atoms with Crippen LogP contribution in [-0.2, 0) is 23.9 Å². The maximum Gasteiger partial charge on any atom is 0.310 e.